The van der Waals surface area contributed by atoms with Crippen molar-refractivity contribution in [1.82, 2.24) is 5.32 Å². The van der Waals surface area contributed by atoms with Gasteiger partial charge in [0.1, 0.15) is 0 Å². The first-order valence-corrected chi connectivity index (χ1v) is 11.0. The van der Waals surface area contributed by atoms with Crippen LogP contribution in [0.4, 0.5) is 0 Å². The average Bonchev–Trinajstić information content (AvgIpc) is 3.05. The SMILES string of the molecule is COc1cc(/C=C2\S/C(=N/S(=O)(=O)c3ccc(C)cc3)NC2=O)cc(OC)c1OC. The second-order valence-corrected chi connectivity index (χ2v) is 8.84. The van der Waals surface area contributed by atoms with Gasteiger partial charge in [-0.1, -0.05) is 17.7 Å². The summed E-state index contributed by atoms with van der Waals surface area (Å²) in [6, 6.07) is 9.68. The van der Waals surface area contributed by atoms with E-state index in [1.54, 1.807) is 30.3 Å². The van der Waals surface area contributed by atoms with Crippen molar-refractivity contribution in [3.63, 3.8) is 0 Å². The number of methoxy groups -OCH3 is 3. The summed E-state index contributed by atoms with van der Waals surface area (Å²) < 4.78 is 44.6. The van der Waals surface area contributed by atoms with E-state index in [9.17, 15) is 13.2 Å². The number of nitrogens with one attached hydrogen (secondary N) is 1. The third-order valence-electron chi connectivity index (χ3n) is 4.16. The van der Waals surface area contributed by atoms with Crippen LogP contribution in [0.2, 0.25) is 0 Å². The highest BCUT2D eigenvalue weighted by Crippen LogP contribution is 2.39. The minimum absolute atomic E-state index is 0.0146. The van der Waals surface area contributed by atoms with Gasteiger partial charge in [-0.25, -0.2) is 0 Å². The van der Waals surface area contributed by atoms with Gasteiger partial charge in [-0.15, -0.1) is 4.40 Å². The Kier molecular flexibility index (Phi) is 6.37. The molecule has 2 aromatic rings. The van der Waals surface area contributed by atoms with Crippen molar-refractivity contribution in [1.29, 1.82) is 0 Å². The maximum atomic E-state index is 12.5. The van der Waals surface area contributed by atoms with Gasteiger partial charge in [-0.05, 0) is 54.6 Å². The Hall–Kier alpha value is -2.98. The van der Waals surface area contributed by atoms with Gasteiger partial charge in [0.25, 0.3) is 15.9 Å². The molecule has 1 aliphatic heterocycles. The van der Waals surface area contributed by atoms with E-state index in [-0.39, 0.29) is 15.0 Å². The topological polar surface area (TPSA) is 103 Å². The van der Waals surface area contributed by atoms with Crippen molar-refractivity contribution >= 4 is 38.9 Å². The number of amides is 1. The molecular weight excluding hydrogens is 428 g/mol. The smallest absolute Gasteiger partial charge is 0.284 e. The predicted octanol–water partition coefficient (Wildman–Crippen LogP) is 2.97. The highest BCUT2D eigenvalue weighted by molar-refractivity contribution is 8.19. The number of aryl methyl sites for hydroxylation is 1. The standard InChI is InChI=1S/C20H20N2O6S2/c1-12-5-7-14(8-6-12)30(24,25)22-20-21-19(23)17(29-20)11-13-9-15(26-2)18(28-4)16(10-13)27-3/h5-11H,1-4H3,(H,21,22,23)/b17-11-. The Labute approximate surface area is 179 Å². The van der Waals surface area contributed by atoms with E-state index in [0.717, 1.165) is 17.3 Å². The number of nitrogens with zero attached hydrogens (tertiary/aromatic N) is 1. The Morgan fingerprint density at radius 3 is 2.13 bits per heavy atom. The van der Waals surface area contributed by atoms with E-state index in [2.05, 4.69) is 9.71 Å². The van der Waals surface area contributed by atoms with E-state index in [1.165, 1.54) is 33.5 Å². The molecule has 0 spiro atoms. The minimum atomic E-state index is -3.94. The first kappa shape index (κ1) is 21.7. The molecule has 0 aromatic heterocycles. The van der Waals surface area contributed by atoms with Crippen molar-refractivity contribution < 1.29 is 27.4 Å². The summed E-state index contributed by atoms with van der Waals surface area (Å²) in [4.78, 5) is 12.7. The number of rotatable bonds is 6. The molecule has 0 atom stereocenters. The van der Waals surface area contributed by atoms with Crippen molar-refractivity contribution in [2.45, 2.75) is 11.8 Å². The lowest BCUT2D eigenvalue weighted by molar-refractivity contribution is -0.115. The van der Waals surface area contributed by atoms with E-state index in [4.69, 9.17) is 14.2 Å². The van der Waals surface area contributed by atoms with E-state index < -0.39 is 15.9 Å². The highest BCUT2D eigenvalue weighted by Gasteiger charge is 2.27. The molecule has 10 heteroatoms. The van der Waals surface area contributed by atoms with Crippen LogP contribution >= 0.6 is 11.8 Å². The van der Waals surface area contributed by atoms with Crippen LogP contribution in [0, 0.1) is 6.92 Å². The number of sulfonamides is 1. The molecule has 0 unspecified atom stereocenters. The normalized spacial score (nSPS) is 16.6. The van der Waals surface area contributed by atoms with Gasteiger partial charge in [0.2, 0.25) is 5.75 Å². The van der Waals surface area contributed by atoms with Gasteiger partial charge in [-0.2, -0.15) is 8.42 Å². The van der Waals surface area contributed by atoms with Crippen molar-refractivity contribution in [3.8, 4) is 17.2 Å². The lowest BCUT2D eigenvalue weighted by atomic mass is 10.1. The fourth-order valence-corrected chi connectivity index (χ4v) is 4.66. The van der Waals surface area contributed by atoms with Gasteiger partial charge in [0.05, 0.1) is 31.1 Å². The number of hydrogen-bond donors (Lipinski definition) is 1. The summed E-state index contributed by atoms with van der Waals surface area (Å²) in [6.45, 7) is 1.86. The number of carbonyl (C=O) groups excluding carboxylic acids is 1. The summed E-state index contributed by atoms with van der Waals surface area (Å²) in [7, 11) is 0.538. The maximum absolute atomic E-state index is 12.5. The third-order valence-corrected chi connectivity index (χ3v) is 6.47. The van der Waals surface area contributed by atoms with Gasteiger partial charge in [0.15, 0.2) is 16.7 Å². The van der Waals surface area contributed by atoms with Crippen LogP contribution in [-0.2, 0) is 14.8 Å². The number of amidine groups is 1. The molecule has 158 valence electrons. The molecule has 0 aliphatic carbocycles. The molecule has 1 fully saturated rings. The molecule has 3 rings (SSSR count). The molecule has 0 saturated carbocycles. The summed E-state index contributed by atoms with van der Waals surface area (Å²) in [6.07, 6.45) is 1.59. The van der Waals surface area contributed by atoms with Crippen LogP contribution in [0.5, 0.6) is 17.2 Å². The monoisotopic (exact) mass is 448 g/mol. The highest BCUT2D eigenvalue weighted by atomic mass is 32.2. The molecule has 0 radical (unpaired) electrons. The van der Waals surface area contributed by atoms with Crippen LogP contribution in [0.1, 0.15) is 11.1 Å². The van der Waals surface area contributed by atoms with Crippen LogP contribution in [-0.4, -0.2) is 40.8 Å². The molecule has 1 heterocycles. The average molecular weight is 449 g/mol. The van der Waals surface area contributed by atoms with Crippen LogP contribution < -0.4 is 19.5 Å². The van der Waals surface area contributed by atoms with Crippen molar-refractivity contribution in [3.05, 3.63) is 52.4 Å². The molecular formula is C20H20N2O6S2. The second-order valence-electron chi connectivity index (χ2n) is 6.21. The number of benzene rings is 2. The van der Waals surface area contributed by atoms with Crippen molar-refractivity contribution in [2.75, 3.05) is 21.3 Å². The number of carbonyl (C=O) groups is 1. The zero-order valence-electron chi connectivity index (χ0n) is 16.8. The summed E-state index contributed by atoms with van der Waals surface area (Å²) in [5.74, 6) is 0.842. The van der Waals surface area contributed by atoms with Gasteiger partial charge in [-0.3, -0.25) is 10.1 Å². The predicted molar refractivity (Wildman–Crippen MR) is 116 cm³/mol. The quantitative estimate of drug-likeness (QED) is 0.678. The molecule has 0 bridgehead atoms. The Bertz CT molecular complexity index is 1110. The summed E-state index contributed by atoms with van der Waals surface area (Å²) >= 11 is 0.934. The number of thioether (sulfide) groups is 1. The van der Waals surface area contributed by atoms with E-state index in [0.29, 0.717) is 22.8 Å². The largest absolute Gasteiger partial charge is 0.493 e. The zero-order valence-corrected chi connectivity index (χ0v) is 18.4. The van der Waals surface area contributed by atoms with E-state index in [1.807, 2.05) is 6.92 Å². The fourth-order valence-electron chi connectivity index (χ4n) is 2.68. The van der Waals surface area contributed by atoms with Crippen molar-refractivity contribution in [2.24, 2.45) is 4.40 Å². The molecule has 1 saturated heterocycles. The summed E-state index contributed by atoms with van der Waals surface area (Å²) in [5, 5.41) is 2.47. The van der Waals surface area contributed by atoms with Gasteiger partial charge in [0, 0.05) is 0 Å². The molecule has 2 aromatic carbocycles. The maximum Gasteiger partial charge on any atom is 0.284 e. The van der Waals surface area contributed by atoms with Crippen LogP contribution in [0.25, 0.3) is 6.08 Å². The van der Waals surface area contributed by atoms with Crippen LogP contribution in [0.3, 0.4) is 0 Å². The second kappa shape index (κ2) is 8.80. The zero-order chi connectivity index (χ0) is 21.9. The minimum Gasteiger partial charge on any atom is -0.493 e. The Morgan fingerprint density at radius 2 is 1.60 bits per heavy atom. The molecule has 1 N–H and O–H groups in total. The Balaban J connectivity index is 1.91. The lowest BCUT2D eigenvalue weighted by Gasteiger charge is -2.12. The van der Waals surface area contributed by atoms with Gasteiger partial charge >= 0.3 is 0 Å². The molecule has 1 aliphatic rings. The molecule has 30 heavy (non-hydrogen) atoms. The van der Waals surface area contributed by atoms with Crippen LogP contribution in [0.15, 0.2) is 50.6 Å². The first-order valence-electron chi connectivity index (χ1n) is 8.70. The molecule has 1 amide bonds. The number of ether oxygens (including phenoxy) is 3. The number of hydrogen-bond acceptors (Lipinski definition) is 7. The summed E-state index contributed by atoms with van der Waals surface area (Å²) in [5.41, 5.74) is 1.55. The fraction of sp³-hybridized carbons (Fsp3) is 0.200. The lowest BCUT2D eigenvalue weighted by Crippen LogP contribution is -2.20. The third kappa shape index (κ3) is 4.60. The van der Waals surface area contributed by atoms with E-state index >= 15 is 0 Å². The Morgan fingerprint density at radius 1 is 1.00 bits per heavy atom. The molecule has 8 nitrogen and oxygen atoms in total. The van der Waals surface area contributed by atoms with Gasteiger partial charge < -0.3 is 14.2 Å². The first-order chi connectivity index (χ1) is 14.3.